The summed E-state index contributed by atoms with van der Waals surface area (Å²) in [6.45, 7) is 5.03. The normalized spacial score (nSPS) is 11.1. The number of aromatic nitrogens is 4. The van der Waals surface area contributed by atoms with E-state index in [4.69, 9.17) is 4.74 Å². The molecule has 0 aliphatic carbocycles. The Kier molecular flexibility index (Phi) is 6.80. The van der Waals surface area contributed by atoms with Crippen LogP contribution in [0.5, 0.6) is 5.75 Å². The fraction of sp³-hybridized carbons (Fsp3) is 0.207. The van der Waals surface area contributed by atoms with Gasteiger partial charge in [0.25, 0.3) is 5.91 Å². The maximum atomic E-state index is 12.6. The van der Waals surface area contributed by atoms with Crippen molar-refractivity contribution in [1.82, 2.24) is 24.5 Å². The standard InChI is InChI=1S/C29H29N5O2/c1-21-8-7-17-33-19-25(31-28(21)33)20-36-27-14-12-23(13-15-27)29(35)30-16-6-9-24-18-34(32-22(24)2)26-10-4-3-5-11-26/h3-5,7-8,10-15,17-19H,6,9,16,20H2,1-2H3,(H,30,35). The number of imidazole rings is 1. The molecule has 3 aromatic heterocycles. The Bertz CT molecular complexity index is 1470. The number of fused-ring (bicyclic) bond motifs is 1. The van der Waals surface area contributed by atoms with Crippen LogP contribution in [0.4, 0.5) is 0 Å². The van der Waals surface area contributed by atoms with Gasteiger partial charge in [-0.1, -0.05) is 24.3 Å². The summed E-state index contributed by atoms with van der Waals surface area (Å²) in [5.41, 5.74) is 6.77. The Hall–Kier alpha value is -4.39. The van der Waals surface area contributed by atoms with Gasteiger partial charge >= 0.3 is 0 Å². The van der Waals surface area contributed by atoms with Gasteiger partial charge in [-0.3, -0.25) is 4.79 Å². The summed E-state index contributed by atoms with van der Waals surface area (Å²) < 4.78 is 9.78. The Balaban J connectivity index is 1.09. The third kappa shape index (κ3) is 5.30. The quantitative estimate of drug-likeness (QED) is 0.299. The second-order valence-corrected chi connectivity index (χ2v) is 8.85. The highest BCUT2D eigenvalue weighted by Crippen LogP contribution is 2.16. The van der Waals surface area contributed by atoms with Crippen LogP contribution in [-0.4, -0.2) is 31.6 Å². The number of carbonyl (C=O) groups is 1. The van der Waals surface area contributed by atoms with Crippen molar-refractivity contribution in [3.63, 3.8) is 0 Å². The minimum atomic E-state index is -0.0888. The van der Waals surface area contributed by atoms with Gasteiger partial charge in [-0.2, -0.15) is 5.10 Å². The number of hydrogen-bond donors (Lipinski definition) is 1. The molecule has 1 amide bonds. The van der Waals surface area contributed by atoms with E-state index < -0.39 is 0 Å². The van der Waals surface area contributed by atoms with Gasteiger partial charge in [-0.25, -0.2) is 9.67 Å². The zero-order chi connectivity index (χ0) is 24.9. The minimum Gasteiger partial charge on any atom is -0.487 e. The lowest BCUT2D eigenvalue weighted by molar-refractivity contribution is 0.0953. The molecule has 5 rings (SSSR count). The number of para-hydroxylation sites is 1. The topological polar surface area (TPSA) is 73.5 Å². The minimum absolute atomic E-state index is 0.0888. The van der Waals surface area contributed by atoms with Crippen LogP contribution in [0.15, 0.2) is 85.3 Å². The first kappa shape index (κ1) is 23.4. The SMILES string of the molecule is Cc1nn(-c2ccccc2)cc1CCCNC(=O)c1ccc(OCc2cn3cccc(C)c3n2)cc1. The van der Waals surface area contributed by atoms with Gasteiger partial charge in [0.1, 0.15) is 18.0 Å². The van der Waals surface area contributed by atoms with E-state index in [2.05, 4.69) is 21.6 Å². The summed E-state index contributed by atoms with van der Waals surface area (Å²) in [6.07, 6.45) is 7.71. The van der Waals surface area contributed by atoms with Crippen molar-refractivity contribution in [2.24, 2.45) is 0 Å². The van der Waals surface area contributed by atoms with Crippen molar-refractivity contribution in [3.05, 3.63) is 113 Å². The number of carbonyl (C=O) groups excluding carboxylic acids is 1. The molecular formula is C29H29N5O2. The molecule has 0 bridgehead atoms. The van der Waals surface area contributed by atoms with Crippen molar-refractivity contribution < 1.29 is 9.53 Å². The molecule has 0 aliphatic rings. The van der Waals surface area contributed by atoms with Crippen LogP contribution in [0.3, 0.4) is 0 Å². The number of hydrogen-bond acceptors (Lipinski definition) is 4. The summed E-state index contributed by atoms with van der Waals surface area (Å²) in [7, 11) is 0. The van der Waals surface area contributed by atoms with Crippen LogP contribution in [0, 0.1) is 13.8 Å². The highest BCUT2D eigenvalue weighted by atomic mass is 16.5. The Morgan fingerprint density at radius 2 is 1.78 bits per heavy atom. The van der Waals surface area contributed by atoms with E-state index in [-0.39, 0.29) is 5.91 Å². The highest BCUT2D eigenvalue weighted by molar-refractivity contribution is 5.94. The average Bonchev–Trinajstić information content (AvgIpc) is 3.50. The van der Waals surface area contributed by atoms with Gasteiger partial charge in [0.05, 0.1) is 17.1 Å². The molecule has 0 fully saturated rings. The van der Waals surface area contributed by atoms with E-state index in [1.807, 2.05) is 89.9 Å². The smallest absolute Gasteiger partial charge is 0.251 e. The molecule has 0 saturated carbocycles. The second kappa shape index (κ2) is 10.5. The number of nitrogens with zero attached hydrogens (tertiary/aromatic N) is 4. The number of nitrogens with one attached hydrogen (secondary N) is 1. The fourth-order valence-electron chi connectivity index (χ4n) is 4.17. The van der Waals surface area contributed by atoms with Gasteiger partial charge in [0.15, 0.2) is 0 Å². The lowest BCUT2D eigenvalue weighted by Gasteiger charge is -2.07. The highest BCUT2D eigenvalue weighted by Gasteiger charge is 2.09. The van der Waals surface area contributed by atoms with Gasteiger partial charge in [-0.05, 0) is 80.3 Å². The molecule has 2 aromatic carbocycles. The molecule has 7 heteroatoms. The van der Waals surface area contributed by atoms with Crippen molar-refractivity contribution >= 4 is 11.6 Å². The predicted octanol–water partition coefficient (Wildman–Crippen LogP) is 5.08. The maximum absolute atomic E-state index is 12.6. The largest absolute Gasteiger partial charge is 0.487 e. The van der Waals surface area contributed by atoms with Gasteiger partial charge < -0.3 is 14.5 Å². The Morgan fingerprint density at radius 1 is 0.972 bits per heavy atom. The zero-order valence-electron chi connectivity index (χ0n) is 20.5. The molecule has 1 N–H and O–H groups in total. The number of amides is 1. The van der Waals surface area contributed by atoms with Crippen molar-refractivity contribution in [2.45, 2.75) is 33.3 Å². The Labute approximate surface area is 210 Å². The summed E-state index contributed by atoms with van der Waals surface area (Å²) in [4.78, 5) is 17.2. The van der Waals surface area contributed by atoms with E-state index in [1.165, 1.54) is 5.56 Å². The zero-order valence-corrected chi connectivity index (χ0v) is 20.5. The predicted molar refractivity (Wildman–Crippen MR) is 140 cm³/mol. The van der Waals surface area contributed by atoms with E-state index in [0.717, 1.165) is 41.1 Å². The molecule has 0 radical (unpaired) electrons. The molecule has 0 saturated heterocycles. The number of benzene rings is 2. The van der Waals surface area contributed by atoms with Crippen molar-refractivity contribution in [1.29, 1.82) is 0 Å². The molecule has 0 unspecified atom stereocenters. The molecule has 0 aliphatic heterocycles. The fourth-order valence-corrected chi connectivity index (χ4v) is 4.17. The first-order chi connectivity index (χ1) is 17.6. The van der Waals surface area contributed by atoms with Crippen LogP contribution in [-0.2, 0) is 13.0 Å². The van der Waals surface area contributed by atoms with E-state index in [9.17, 15) is 4.79 Å². The lowest BCUT2D eigenvalue weighted by Crippen LogP contribution is -2.24. The monoisotopic (exact) mass is 479 g/mol. The van der Waals surface area contributed by atoms with E-state index in [0.29, 0.717) is 24.5 Å². The average molecular weight is 480 g/mol. The first-order valence-electron chi connectivity index (χ1n) is 12.1. The second-order valence-electron chi connectivity index (χ2n) is 8.85. The third-order valence-corrected chi connectivity index (χ3v) is 6.16. The number of aryl methyl sites for hydroxylation is 3. The van der Waals surface area contributed by atoms with Crippen molar-refractivity contribution in [3.8, 4) is 11.4 Å². The van der Waals surface area contributed by atoms with Crippen LogP contribution in [0.1, 0.15) is 39.3 Å². The van der Waals surface area contributed by atoms with Gasteiger partial charge in [-0.15, -0.1) is 0 Å². The van der Waals surface area contributed by atoms with E-state index in [1.54, 1.807) is 12.1 Å². The number of ether oxygens (including phenoxy) is 1. The molecule has 0 spiro atoms. The van der Waals surface area contributed by atoms with Crippen LogP contribution in [0.2, 0.25) is 0 Å². The molecule has 3 heterocycles. The summed E-state index contributed by atoms with van der Waals surface area (Å²) in [5, 5.41) is 7.62. The summed E-state index contributed by atoms with van der Waals surface area (Å²) in [5.74, 6) is 0.611. The summed E-state index contributed by atoms with van der Waals surface area (Å²) >= 11 is 0. The maximum Gasteiger partial charge on any atom is 0.251 e. The summed E-state index contributed by atoms with van der Waals surface area (Å²) in [6, 6.07) is 21.3. The van der Waals surface area contributed by atoms with E-state index >= 15 is 0 Å². The molecule has 182 valence electrons. The van der Waals surface area contributed by atoms with Crippen molar-refractivity contribution in [2.75, 3.05) is 6.54 Å². The van der Waals surface area contributed by atoms with Crippen LogP contribution >= 0.6 is 0 Å². The number of rotatable bonds is 9. The molecule has 7 nitrogen and oxygen atoms in total. The molecular weight excluding hydrogens is 450 g/mol. The lowest BCUT2D eigenvalue weighted by atomic mass is 10.1. The molecule has 0 atom stereocenters. The molecule has 5 aromatic rings. The van der Waals surface area contributed by atoms with Crippen LogP contribution < -0.4 is 10.1 Å². The van der Waals surface area contributed by atoms with Crippen LogP contribution in [0.25, 0.3) is 11.3 Å². The first-order valence-corrected chi connectivity index (χ1v) is 12.1. The third-order valence-electron chi connectivity index (χ3n) is 6.16. The Morgan fingerprint density at radius 3 is 2.56 bits per heavy atom. The van der Waals surface area contributed by atoms with Gasteiger partial charge in [0.2, 0.25) is 0 Å². The number of pyridine rings is 1. The van der Waals surface area contributed by atoms with Gasteiger partial charge in [0, 0.05) is 30.7 Å². The molecule has 36 heavy (non-hydrogen) atoms.